The van der Waals surface area contributed by atoms with E-state index in [1.165, 1.54) is 25.7 Å². The second-order valence-electron chi connectivity index (χ2n) is 6.23. The molecule has 1 aliphatic carbocycles. The van der Waals surface area contributed by atoms with Gasteiger partial charge in [-0.2, -0.15) is 0 Å². The van der Waals surface area contributed by atoms with Gasteiger partial charge in [-0.1, -0.05) is 26.7 Å². The Morgan fingerprint density at radius 1 is 1.28 bits per heavy atom. The van der Waals surface area contributed by atoms with Gasteiger partial charge >= 0.3 is 0 Å². The highest BCUT2D eigenvalue weighted by Crippen LogP contribution is 2.37. The molecule has 3 nitrogen and oxygen atoms in total. The van der Waals surface area contributed by atoms with Gasteiger partial charge in [0.2, 0.25) is 0 Å². The van der Waals surface area contributed by atoms with Crippen LogP contribution in [0.1, 0.15) is 39.5 Å². The largest absolute Gasteiger partial charge is 0.381 e. The van der Waals surface area contributed by atoms with Crippen molar-refractivity contribution in [2.45, 2.75) is 45.6 Å². The Balaban J connectivity index is 2.04. The van der Waals surface area contributed by atoms with E-state index in [1.54, 1.807) is 0 Å². The van der Waals surface area contributed by atoms with Crippen LogP contribution in [-0.4, -0.2) is 25.1 Å². The minimum Gasteiger partial charge on any atom is -0.381 e. The molecule has 18 heavy (non-hydrogen) atoms. The Labute approximate surface area is 111 Å². The number of aromatic nitrogens is 1. The van der Waals surface area contributed by atoms with Crippen molar-refractivity contribution in [3.8, 4) is 0 Å². The summed E-state index contributed by atoms with van der Waals surface area (Å²) in [7, 11) is 4.03. The van der Waals surface area contributed by atoms with Crippen molar-refractivity contribution in [3.63, 3.8) is 0 Å². The van der Waals surface area contributed by atoms with Gasteiger partial charge < -0.3 is 10.2 Å². The number of anilines is 2. The van der Waals surface area contributed by atoms with Crippen molar-refractivity contribution in [1.29, 1.82) is 0 Å². The Morgan fingerprint density at radius 2 is 2.06 bits per heavy atom. The van der Waals surface area contributed by atoms with Crippen LogP contribution in [0.2, 0.25) is 0 Å². The van der Waals surface area contributed by atoms with Crippen molar-refractivity contribution < 1.29 is 0 Å². The third kappa shape index (κ3) is 2.95. The lowest BCUT2D eigenvalue weighted by Gasteiger charge is -2.39. The molecule has 3 heteroatoms. The van der Waals surface area contributed by atoms with E-state index in [9.17, 15) is 0 Å². The van der Waals surface area contributed by atoms with Crippen LogP contribution in [0.4, 0.5) is 11.5 Å². The van der Waals surface area contributed by atoms with Crippen LogP contribution in [-0.2, 0) is 0 Å². The molecule has 0 bridgehead atoms. The Kier molecular flexibility index (Phi) is 3.79. The van der Waals surface area contributed by atoms with Crippen molar-refractivity contribution in [2.24, 2.45) is 5.41 Å². The minimum absolute atomic E-state index is 0.387. The summed E-state index contributed by atoms with van der Waals surface area (Å²) in [5.74, 6) is 1.00. The SMILES string of the molecule is CN(C)c1ccc(NC2CCCCC2(C)C)cn1. The molecule has 1 aliphatic rings. The fourth-order valence-corrected chi connectivity index (χ4v) is 2.70. The molecule has 1 fully saturated rings. The summed E-state index contributed by atoms with van der Waals surface area (Å²) in [4.78, 5) is 6.48. The van der Waals surface area contributed by atoms with Gasteiger partial charge in [-0.3, -0.25) is 0 Å². The fraction of sp³-hybridized carbons (Fsp3) is 0.667. The van der Waals surface area contributed by atoms with E-state index in [0.717, 1.165) is 11.5 Å². The summed E-state index contributed by atoms with van der Waals surface area (Å²) in [6, 6.07) is 4.77. The molecular weight excluding hydrogens is 222 g/mol. The van der Waals surface area contributed by atoms with E-state index in [1.807, 2.05) is 25.2 Å². The van der Waals surface area contributed by atoms with Crippen LogP contribution in [0.3, 0.4) is 0 Å². The van der Waals surface area contributed by atoms with Gasteiger partial charge in [0.1, 0.15) is 5.82 Å². The molecule has 2 rings (SSSR count). The first-order valence-corrected chi connectivity index (χ1v) is 6.89. The number of nitrogens with zero attached hydrogens (tertiary/aromatic N) is 2. The first kappa shape index (κ1) is 13.2. The van der Waals surface area contributed by atoms with E-state index in [0.29, 0.717) is 11.5 Å². The van der Waals surface area contributed by atoms with Gasteiger partial charge in [0, 0.05) is 20.1 Å². The van der Waals surface area contributed by atoms with Crippen LogP contribution in [0.15, 0.2) is 18.3 Å². The monoisotopic (exact) mass is 247 g/mol. The predicted octanol–water partition coefficient (Wildman–Crippen LogP) is 3.53. The molecule has 0 aromatic carbocycles. The highest BCUT2D eigenvalue weighted by atomic mass is 15.1. The lowest BCUT2D eigenvalue weighted by molar-refractivity contribution is 0.217. The average molecular weight is 247 g/mol. The smallest absolute Gasteiger partial charge is 0.128 e. The normalized spacial score (nSPS) is 22.6. The summed E-state index contributed by atoms with van der Waals surface area (Å²) in [6.07, 6.45) is 7.23. The van der Waals surface area contributed by atoms with Crippen molar-refractivity contribution in [1.82, 2.24) is 4.98 Å². The Morgan fingerprint density at radius 3 is 2.61 bits per heavy atom. The maximum absolute atomic E-state index is 4.45. The van der Waals surface area contributed by atoms with E-state index in [-0.39, 0.29) is 0 Å². The van der Waals surface area contributed by atoms with Crippen molar-refractivity contribution >= 4 is 11.5 Å². The zero-order valence-corrected chi connectivity index (χ0v) is 12.0. The second-order valence-corrected chi connectivity index (χ2v) is 6.23. The average Bonchev–Trinajstić information content (AvgIpc) is 2.32. The maximum atomic E-state index is 4.45. The Bertz CT molecular complexity index is 381. The maximum Gasteiger partial charge on any atom is 0.128 e. The van der Waals surface area contributed by atoms with Crippen molar-refractivity contribution in [2.75, 3.05) is 24.3 Å². The topological polar surface area (TPSA) is 28.2 Å². The molecule has 0 radical (unpaired) electrons. The molecule has 1 atom stereocenters. The third-order valence-electron chi connectivity index (χ3n) is 4.05. The first-order valence-electron chi connectivity index (χ1n) is 6.89. The van der Waals surface area contributed by atoms with Gasteiger partial charge in [0.25, 0.3) is 0 Å². The number of nitrogens with one attached hydrogen (secondary N) is 1. The summed E-state index contributed by atoms with van der Waals surface area (Å²) < 4.78 is 0. The lowest BCUT2D eigenvalue weighted by atomic mass is 9.73. The van der Waals surface area contributed by atoms with Crippen LogP contribution < -0.4 is 10.2 Å². The molecule has 100 valence electrons. The molecule has 1 saturated carbocycles. The minimum atomic E-state index is 0.387. The summed E-state index contributed by atoms with van der Waals surface area (Å²) in [5.41, 5.74) is 1.53. The van der Waals surface area contributed by atoms with Crippen LogP contribution in [0.25, 0.3) is 0 Å². The first-order chi connectivity index (χ1) is 8.49. The van der Waals surface area contributed by atoms with Crippen molar-refractivity contribution in [3.05, 3.63) is 18.3 Å². The number of pyridine rings is 1. The highest BCUT2D eigenvalue weighted by molar-refractivity contribution is 5.48. The van der Waals surface area contributed by atoms with E-state index >= 15 is 0 Å². The summed E-state index contributed by atoms with van der Waals surface area (Å²) in [5, 5.41) is 3.66. The molecule has 0 aliphatic heterocycles. The van der Waals surface area contributed by atoms with Crippen LogP contribution >= 0.6 is 0 Å². The van der Waals surface area contributed by atoms with Gasteiger partial charge in [-0.25, -0.2) is 4.98 Å². The molecular formula is C15H25N3. The van der Waals surface area contributed by atoms with Crippen LogP contribution in [0.5, 0.6) is 0 Å². The summed E-state index contributed by atoms with van der Waals surface area (Å²) >= 11 is 0. The molecule has 1 N–H and O–H groups in total. The van der Waals surface area contributed by atoms with E-state index < -0.39 is 0 Å². The molecule has 1 aromatic rings. The van der Waals surface area contributed by atoms with Gasteiger partial charge in [0.15, 0.2) is 0 Å². The van der Waals surface area contributed by atoms with Gasteiger partial charge in [-0.05, 0) is 30.4 Å². The number of hydrogen-bond acceptors (Lipinski definition) is 3. The summed E-state index contributed by atoms with van der Waals surface area (Å²) in [6.45, 7) is 4.73. The van der Waals surface area contributed by atoms with Crippen LogP contribution in [0, 0.1) is 5.41 Å². The molecule has 0 saturated heterocycles. The molecule has 1 aromatic heterocycles. The third-order valence-corrected chi connectivity index (χ3v) is 4.05. The van der Waals surface area contributed by atoms with Gasteiger partial charge in [0.05, 0.1) is 11.9 Å². The highest BCUT2D eigenvalue weighted by Gasteiger charge is 2.31. The van der Waals surface area contributed by atoms with E-state index in [4.69, 9.17) is 0 Å². The zero-order valence-electron chi connectivity index (χ0n) is 12.0. The van der Waals surface area contributed by atoms with E-state index in [2.05, 4.69) is 36.3 Å². The second kappa shape index (κ2) is 5.17. The molecule has 1 heterocycles. The van der Waals surface area contributed by atoms with Gasteiger partial charge in [-0.15, -0.1) is 0 Å². The molecule has 1 unspecified atom stereocenters. The number of rotatable bonds is 3. The standard InChI is InChI=1S/C15H25N3/c1-15(2)10-6-5-7-13(15)17-12-8-9-14(16-11-12)18(3)4/h8-9,11,13,17H,5-7,10H2,1-4H3. The number of hydrogen-bond donors (Lipinski definition) is 1. The Hall–Kier alpha value is -1.25. The zero-order chi connectivity index (χ0) is 13.2. The molecule has 0 spiro atoms. The fourth-order valence-electron chi connectivity index (χ4n) is 2.70. The lowest BCUT2D eigenvalue weighted by Crippen LogP contribution is -2.38. The quantitative estimate of drug-likeness (QED) is 0.885. The predicted molar refractivity (Wildman–Crippen MR) is 78.2 cm³/mol. The molecule has 0 amide bonds.